The summed E-state index contributed by atoms with van der Waals surface area (Å²) < 4.78 is 2.23. The quantitative estimate of drug-likeness (QED) is 0.156. The highest BCUT2D eigenvalue weighted by atomic mass is 15.1. The molecule has 0 saturated heterocycles. The molecule has 7 aromatic carbocycles. The monoisotopic (exact) mass is 729 g/mol. The van der Waals surface area contributed by atoms with Gasteiger partial charge in [-0.2, -0.15) is 0 Å². The highest BCUT2D eigenvalue weighted by Crippen LogP contribution is 2.34. The van der Waals surface area contributed by atoms with Crippen molar-refractivity contribution in [2.45, 2.75) is 0 Å². The number of aromatic nitrogens is 5. The summed E-state index contributed by atoms with van der Waals surface area (Å²) in [5, 5.41) is 0. The van der Waals surface area contributed by atoms with E-state index in [1.165, 1.54) is 5.56 Å². The molecule has 57 heavy (non-hydrogen) atoms. The predicted octanol–water partition coefficient (Wildman–Crippen LogP) is 12.9. The van der Waals surface area contributed by atoms with E-state index in [1.54, 1.807) is 6.20 Å². The van der Waals surface area contributed by atoms with Crippen molar-refractivity contribution in [1.82, 2.24) is 24.5 Å². The molecule has 268 valence electrons. The van der Waals surface area contributed by atoms with Crippen LogP contribution in [0.15, 0.2) is 213 Å². The highest BCUT2D eigenvalue weighted by Gasteiger charge is 2.16. The van der Waals surface area contributed by atoms with Crippen LogP contribution in [-0.4, -0.2) is 24.5 Å². The molecule has 3 heterocycles. The first-order valence-corrected chi connectivity index (χ1v) is 19.0. The van der Waals surface area contributed by atoms with E-state index in [0.717, 1.165) is 84.0 Å². The molecule has 10 aromatic rings. The van der Waals surface area contributed by atoms with Crippen LogP contribution in [0.2, 0.25) is 0 Å². The fraction of sp³-hybridized carbons (Fsp3) is 0. The number of benzene rings is 7. The predicted molar refractivity (Wildman–Crippen MR) is 233 cm³/mol. The average molecular weight is 730 g/mol. The Kier molecular flexibility index (Phi) is 8.78. The summed E-state index contributed by atoms with van der Waals surface area (Å²) in [4.78, 5) is 19.7. The Morgan fingerprint density at radius 3 is 1.58 bits per heavy atom. The van der Waals surface area contributed by atoms with Crippen molar-refractivity contribution in [3.63, 3.8) is 0 Å². The van der Waals surface area contributed by atoms with Crippen molar-refractivity contribution < 1.29 is 0 Å². The van der Waals surface area contributed by atoms with E-state index >= 15 is 0 Å². The molecule has 0 aliphatic heterocycles. The van der Waals surface area contributed by atoms with Gasteiger partial charge in [0.1, 0.15) is 5.82 Å². The number of fused-ring (bicyclic) bond motifs is 1. The standard InChI is InChI=1S/C52H35N5/c1-3-11-36(12-4-1)37-20-26-40(27-21-37)48-34-49(55-51(54-48)41-28-22-39(23-29-41)45-15-10-32-53-35-45)44-14-9-13-43(33-44)38-24-30-42(31-25-38)52-56-47-18-7-8-19-50(47)57(52)46-16-5-2-6-17-46/h1-35H. The lowest BCUT2D eigenvalue weighted by molar-refractivity contribution is 1.10. The van der Waals surface area contributed by atoms with Crippen molar-refractivity contribution in [2.75, 3.05) is 0 Å². The number of hydrogen-bond donors (Lipinski definition) is 0. The minimum atomic E-state index is 0.670. The third-order valence-electron chi connectivity index (χ3n) is 10.4. The van der Waals surface area contributed by atoms with Gasteiger partial charge in [0.15, 0.2) is 5.82 Å². The van der Waals surface area contributed by atoms with Crippen molar-refractivity contribution in [3.05, 3.63) is 213 Å². The Balaban J connectivity index is 1.02. The fourth-order valence-corrected chi connectivity index (χ4v) is 7.41. The third kappa shape index (κ3) is 6.79. The Morgan fingerprint density at radius 1 is 0.333 bits per heavy atom. The molecule has 0 aliphatic rings. The minimum absolute atomic E-state index is 0.670. The zero-order chi connectivity index (χ0) is 38.0. The number of imidazole rings is 1. The lowest BCUT2D eigenvalue weighted by Gasteiger charge is -2.12. The maximum atomic E-state index is 5.18. The Hall–Kier alpha value is -7.76. The molecule has 0 radical (unpaired) electrons. The summed E-state index contributed by atoms with van der Waals surface area (Å²) in [6.45, 7) is 0. The smallest absolute Gasteiger partial charge is 0.160 e. The van der Waals surface area contributed by atoms with Crippen LogP contribution in [-0.2, 0) is 0 Å². The summed E-state index contributed by atoms with van der Waals surface area (Å²) in [6, 6.07) is 69.6. The van der Waals surface area contributed by atoms with Crippen LogP contribution in [0.3, 0.4) is 0 Å². The highest BCUT2D eigenvalue weighted by molar-refractivity contribution is 5.84. The minimum Gasteiger partial charge on any atom is -0.292 e. The van der Waals surface area contributed by atoms with Crippen molar-refractivity contribution in [1.29, 1.82) is 0 Å². The lowest BCUT2D eigenvalue weighted by Crippen LogP contribution is -1.97. The topological polar surface area (TPSA) is 56.5 Å². The van der Waals surface area contributed by atoms with Gasteiger partial charge in [0.25, 0.3) is 0 Å². The van der Waals surface area contributed by atoms with E-state index in [0.29, 0.717) is 5.82 Å². The molecule has 5 heteroatoms. The molecule has 10 rings (SSSR count). The van der Waals surface area contributed by atoms with E-state index < -0.39 is 0 Å². The van der Waals surface area contributed by atoms with Crippen molar-refractivity contribution >= 4 is 11.0 Å². The van der Waals surface area contributed by atoms with Gasteiger partial charge in [-0.3, -0.25) is 9.55 Å². The fourth-order valence-electron chi connectivity index (χ4n) is 7.41. The number of hydrogen-bond acceptors (Lipinski definition) is 4. The van der Waals surface area contributed by atoms with Crippen molar-refractivity contribution in [3.8, 4) is 84.4 Å². The normalized spacial score (nSPS) is 11.2. The van der Waals surface area contributed by atoms with E-state index in [1.807, 2.05) is 30.5 Å². The van der Waals surface area contributed by atoms with Gasteiger partial charge < -0.3 is 0 Å². The molecule has 0 atom stereocenters. The molecule has 0 N–H and O–H groups in total. The maximum Gasteiger partial charge on any atom is 0.160 e. The molecular weight excluding hydrogens is 695 g/mol. The van der Waals surface area contributed by atoms with Gasteiger partial charge in [-0.1, -0.05) is 158 Å². The molecule has 0 unspecified atom stereocenters. The Morgan fingerprint density at radius 2 is 0.860 bits per heavy atom. The average Bonchev–Trinajstić information content (AvgIpc) is 3.70. The zero-order valence-electron chi connectivity index (χ0n) is 30.9. The second kappa shape index (κ2) is 14.8. The molecule has 0 fully saturated rings. The van der Waals surface area contributed by atoms with Gasteiger partial charge >= 0.3 is 0 Å². The molecular formula is C52H35N5. The first-order valence-electron chi connectivity index (χ1n) is 19.0. The molecule has 0 saturated carbocycles. The van der Waals surface area contributed by atoms with Crippen LogP contribution in [0.25, 0.3) is 95.4 Å². The summed E-state index contributed by atoms with van der Waals surface area (Å²) in [5.41, 5.74) is 15.6. The zero-order valence-corrected chi connectivity index (χ0v) is 30.9. The van der Waals surface area contributed by atoms with E-state index in [4.69, 9.17) is 15.0 Å². The van der Waals surface area contributed by atoms with Gasteiger partial charge in [0.2, 0.25) is 0 Å². The molecule has 0 amide bonds. The third-order valence-corrected chi connectivity index (χ3v) is 10.4. The second-order valence-corrected chi connectivity index (χ2v) is 14.0. The number of para-hydroxylation sites is 3. The largest absolute Gasteiger partial charge is 0.292 e. The first kappa shape index (κ1) is 33.8. The Labute approximate surface area is 331 Å². The van der Waals surface area contributed by atoms with E-state index in [-0.39, 0.29) is 0 Å². The lowest BCUT2D eigenvalue weighted by atomic mass is 9.99. The van der Waals surface area contributed by atoms with Gasteiger partial charge in [-0.05, 0) is 75.8 Å². The van der Waals surface area contributed by atoms with Crippen LogP contribution in [0.1, 0.15) is 0 Å². The molecule has 0 aliphatic carbocycles. The first-order chi connectivity index (χ1) is 28.2. The molecule has 0 bridgehead atoms. The van der Waals surface area contributed by atoms with Crippen molar-refractivity contribution in [2.24, 2.45) is 0 Å². The van der Waals surface area contributed by atoms with Crippen LogP contribution < -0.4 is 0 Å². The van der Waals surface area contributed by atoms with E-state index in [9.17, 15) is 0 Å². The van der Waals surface area contributed by atoms with Gasteiger partial charge in [0, 0.05) is 40.3 Å². The number of nitrogens with zero attached hydrogens (tertiary/aromatic N) is 5. The van der Waals surface area contributed by atoms with Crippen LogP contribution in [0, 0.1) is 0 Å². The maximum absolute atomic E-state index is 5.18. The molecule has 0 spiro atoms. The second-order valence-electron chi connectivity index (χ2n) is 14.0. The van der Waals surface area contributed by atoms with Gasteiger partial charge in [-0.15, -0.1) is 0 Å². The van der Waals surface area contributed by atoms with Gasteiger partial charge in [0.05, 0.1) is 22.4 Å². The molecule has 3 aromatic heterocycles. The molecule has 5 nitrogen and oxygen atoms in total. The SMILES string of the molecule is c1ccc(-c2ccc(-c3cc(-c4cccc(-c5ccc(-c6nc7ccccc7n6-c6ccccc6)cc5)c4)nc(-c4ccc(-c5cccnc5)cc4)n3)cc2)cc1. The summed E-state index contributed by atoms with van der Waals surface area (Å²) in [5.74, 6) is 1.58. The summed E-state index contributed by atoms with van der Waals surface area (Å²) in [6.07, 6.45) is 3.67. The number of pyridine rings is 1. The van der Waals surface area contributed by atoms with Gasteiger partial charge in [-0.25, -0.2) is 15.0 Å². The van der Waals surface area contributed by atoms with Crippen LogP contribution in [0.5, 0.6) is 0 Å². The summed E-state index contributed by atoms with van der Waals surface area (Å²) >= 11 is 0. The Bertz CT molecular complexity index is 2860. The summed E-state index contributed by atoms with van der Waals surface area (Å²) in [7, 11) is 0. The van der Waals surface area contributed by atoms with Crippen LogP contribution >= 0.6 is 0 Å². The number of rotatable bonds is 8. The van der Waals surface area contributed by atoms with Crippen LogP contribution in [0.4, 0.5) is 0 Å². The van der Waals surface area contributed by atoms with E-state index in [2.05, 4.69) is 185 Å².